The predicted octanol–water partition coefficient (Wildman–Crippen LogP) is 5.36. The molecule has 3 N–H and O–H groups in total. The molecule has 0 aliphatic rings. The lowest BCUT2D eigenvalue weighted by molar-refractivity contribution is 0.450. The number of phenolic OH excluding ortho intramolecular Hbond substituents is 3. The molecule has 0 radical (unpaired) electrons. The Morgan fingerprint density at radius 3 is 2.04 bits per heavy atom. The van der Waals surface area contributed by atoms with Crippen LogP contribution in [0, 0.1) is 0 Å². The highest BCUT2D eigenvalue weighted by Crippen LogP contribution is 2.34. The Morgan fingerprint density at radius 1 is 0.880 bits per heavy atom. The SMILES string of the molecule is CC[Si](CC)(CC)Oc1cccc(O)c1C=Cc1cc(O)cc(O)c1. The zero-order valence-electron chi connectivity index (χ0n) is 15.0. The summed E-state index contributed by atoms with van der Waals surface area (Å²) in [5, 5.41) is 29.5. The summed E-state index contributed by atoms with van der Waals surface area (Å²) in [4.78, 5) is 0. The van der Waals surface area contributed by atoms with Gasteiger partial charge in [0.1, 0.15) is 23.0 Å². The van der Waals surface area contributed by atoms with Crippen molar-refractivity contribution < 1.29 is 19.7 Å². The van der Waals surface area contributed by atoms with Crippen molar-refractivity contribution in [1.29, 1.82) is 0 Å². The highest BCUT2D eigenvalue weighted by molar-refractivity contribution is 6.74. The molecule has 2 rings (SSSR count). The maximum absolute atomic E-state index is 10.3. The summed E-state index contributed by atoms with van der Waals surface area (Å²) >= 11 is 0. The number of phenols is 3. The van der Waals surface area contributed by atoms with Crippen molar-refractivity contribution >= 4 is 20.5 Å². The van der Waals surface area contributed by atoms with E-state index in [4.69, 9.17) is 4.43 Å². The van der Waals surface area contributed by atoms with Crippen LogP contribution in [0.2, 0.25) is 18.1 Å². The van der Waals surface area contributed by atoms with Gasteiger partial charge in [-0.25, -0.2) is 0 Å². The summed E-state index contributed by atoms with van der Waals surface area (Å²) in [5.41, 5.74) is 1.24. The number of hydrogen-bond acceptors (Lipinski definition) is 4. The van der Waals surface area contributed by atoms with Crippen LogP contribution in [0.5, 0.6) is 23.0 Å². The molecule has 0 amide bonds. The van der Waals surface area contributed by atoms with Crippen molar-refractivity contribution in [2.45, 2.75) is 38.9 Å². The Labute approximate surface area is 150 Å². The van der Waals surface area contributed by atoms with Crippen molar-refractivity contribution in [3.8, 4) is 23.0 Å². The second-order valence-electron chi connectivity index (χ2n) is 6.15. The van der Waals surface area contributed by atoms with Crippen LogP contribution in [0.1, 0.15) is 31.9 Å². The third-order valence-corrected chi connectivity index (χ3v) is 9.19. The van der Waals surface area contributed by atoms with Crippen LogP contribution < -0.4 is 4.43 Å². The highest BCUT2D eigenvalue weighted by Gasteiger charge is 2.31. The van der Waals surface area contributed by atoms with Crippen LogP contribution >= 0.6 is 0 Å². The molecule has 2 aromatic carbocycles. The Morgan fingerprint density at radius 2 is 1.48 bits per heavy atom. The van der Waals surface area contributed by atoms with Gasteiger partial charge in [-0.1, -0.05) is 32.9 Å². The lowest BCUT2D eigenvalue weighted by Crippen LogP contribution is -2.39. The van der Waals surface area contributed by atoms with Crippen molar-refractivity contribution in [3.05, 3.63) is 47.5 Å². The molecule has 134 valence electrons. The van der Waals surface area contributed by atoms with Crippen LogP contribution in [0.15, 0.2) is 36.4 Å². The topological polar surface area (TPSA) is 69.9 Å². The van der Waals surface area contributed by atoms with Gasteiger partial charge >= 0.3 is 0 Å². The van der Waals surface area contributed by atoms with Crippen LogP contribution in [-0.4, -0.2) is 23.6 Å². The van der Waals surface area contributed by atoms with Gasteiger partial charge in [-0.05, 0) is 54.0 Å². The molecule has 0 bridgehead atoms. The fourth-order valence-corrected chi connectivity index (χ4v) is 5.46. The molecule has 0 aliphatic carbocycles. The summed E-state index contributed by atoms with van der Waals surface area (Å²) < 4.78 is 6.43. The van der Waals surface area contributed by atoms with E-state index in [0.717, 1.165) is 18.1 Å². The molecule has 2 aromatic rings. The molecule has 4 nitrogen and oxygen atoms in total. The van der Waals surface area contributed by atoms with Gasteiger partial charge in [-0.3, -0.25) is 0 Å². The van der Waals surface area contributed by atoms with Gasteiger partial charge in [-0.15, -0.1) is 0 Å². The first-order valence-electron chi connectivity index (χ1n) is 8.65. The Balaban J connectivity index is 2.39. The van der Waals surface area contributed by atoms with E-state index in [1.165, 1.54) is 6.07 Å². The predicted molar refractivity (Wildman–Crippen MR) is 105 cm³/mol. The molecule has 5 heteroatoms. The molecule has 0 unspecified atom stereocenters. The van der Waals surface area contributed by atoms with Crippen LogP contribution in [0.25, 0.3) is 12.2 Å². The molecule has 0 atom stereocenters. The van der Waals surface area contributed by atoms with Gasteiger partial charge in [0.05, 0.1) is 5.56 Å². The summed E-state index contributed by atoms with van der Waals surface area (Å²) in [6.07, 6.45) is 3.48. The minimum Gasteiger partial charge on any atom is -0.543 e. The molecule has 0 aliphatic heterocycles. The third-order valence-electron chi connectivity index (χ3n) is 4.67. The second kappa shape index (κ2) is 8.12. The normalized spacial score (nSPS) is 11.8. The fraction of sp³-hybridized carbons (Fsp3) is 0.300. The third kappa shape index (κ3) is 4.57. The van der Waals surface area contributed by atoms with Gasteiger partial charge in [0.25, 0.3) is 8.32 Å². The first-order valence-corrected chi connectivity index (χ1v) is 11.2. The molecule has 25 heavy (non-hydrogen) atoms. The monoisotopic (exact) mass is 358 g/mol. The van der Waals surface area contributed by atoms with E-state index in [1.54, 1.807) is 36.4 Å². The molecule has 0 saturated carbocycles. The summed E-state index contributed by atoms with van der Waals surface area (Å²) in [5.74, 6) is 0.799. The highest BCUT2D eigenvalue weighted by atomic mass is 28.4. The molecule has 0 aromatic heterocycles. The fourth-order valence-electron chi connectivity index (χ4n) is 2.88. The quantitative estimate of drug-likeness (QED) is 0.460. The van der Waals surface area contributed by atoms with E-state index in [9.17, 15) is 15.3 Å². The van der Waals surface area contributed by atoms with Crippen molar-refractivity contribution in [2.24, 2.45) is 0 Å². The summed E-state index contributed by atoms with van der Waals surface area (Å²) in [7, 11) is -1.86. The lowest BCUT2D eigenvalue weighted by Gasteiger charge is -2.30. The molecular formula is C20H26O4Si. The van der Waals surface area contributed by atoms with Gasteiger partial charge in [0.15, 0.2) is 0 Å². The molecule has 0 saturated heterocycles. The van der Waals surface area contributed by atoms with E-state index in [-0.39, 0.29) is 17.2 Å². The van der Waals surface area contributed by atoms with Gasteiger partial charge in [0, 0.05) is 6.07 Å². The van der Waals surface area contributed by atoms with E-state index < -0.39 is 8.32 Å². The standard InChI is InChI=1S/C20H26O4Si/c1-4-25(5-2,6-3)24-20-9-7-8-19(23)18(20)11-10-15-12-16(21)14-17(22)13-15/h7-14,21-23H,4-6H2,1-3H3. The molecule has 0 heterocycles. The summed E-state index contributed by atoms with van der Waals surface area (Å²) in [6, 6.07) is 12.7. The number of hydrogen-bond donors (Lipinski definition) is 3. The van der Waals surface area contributed by atoms with Crippen molar-refractivity contribution in [3.63, 3.8) is 0 Å². The first-order chi connectivity index (χ1) is 11.9. The van der Waals surface area contributed by atoms with E-state index in [1.807, 2.05) is 6.07 Å². The Hall–Kier alpha value is -2.40. The molecule has 0 spiro atoms. The minimum absolute atomic E-state index is 0.0113. The number of aromatic hydroxyl groups is 3. The van der Waals surface area contributed by atoms with Crippen LogP contribution in [-0.2, 0) is 0 Å². The zero-order valence-corrected chi connectivity index (χ0v) is 16.0. The maximum atomic E-state index is 10.3. The van der Waals surface area contributed by atoms with Crippen molar-refractivity contribution in [1.82, 2.24) is 0 Å². The second-order valence-corrected chi connectivity index (χ2v) is 10.8. The van der Waals surface area contributed by atoms with Gasteiger partial charge in [0.2, 0.25) is 0 Å². The number of rotatable bonds is 7. The molecule has 0 fully saturated rings. The zero-order chi connectivity index (χ0) is 18.4. The van der Waals surface area contributed by atoms with E-state index in [2.05, 4.69) is 20.8 Å². The smallest absolute Gasteiger partial charge is 0.250 e. The largest absolute Gasteiger partial charge is 0.543 e. The Kier molecular flexibility index (Phi) is 6.15. The average molecular weight is 359 g/mol. The van der Waals surface area contributed by atoms with Gasteiger partial charge in [-0.2, -0.15) is 0 Å². The minimum atomic E-state index is -1.86. The van der Waals surface area contributed by atoms with E-state index >= 15 is 0 Å². The van der Waals surface area contributed by atoms with Crippen LogP contribution in [0.3, 0.4) is 0 Å². The van der Waals surface area contributed by atoms with Crippen LogP contribution in [0.4, 0.5) is 0 Å². The molecular weight excluding hydrogens is 332 g/mol. The lowest BCUT2D eigenvalue weighted by atomic mass is 10.1. The summed E-state index contributed by atoms with van der Waals surface area (Å²) in [6.45, 7) is 6.48. The Bertz CT molecular complexity index is 723. The van der Waals surface area contributed by atoms with Crippen molar-refractivity contribution in [2.75, 3.05) is 0 Å². The maximum Gasteiger partial charge on any atom is 0.250 e. The first kappa shape index (κ1) is 18.9. The van der Waals surface area contributed by atoms with E-state index in [0.29, 0.717) is 16.9 Å². The average Bonchev–Trinajstić information content (AvgIpc) is 2.58. The van der Waals surface area contributed by atoms with Gasteiger partial charge < -0.3 is 19.7 Å². The number of benzene rings is 2.